The minimum Gasteiger partial charge on any atom is -0.287 e. The fourth-order valence-electron chi connectivity index (χ4n) is 4.19. The molecule has 0 fully saturated rings. The number of aromatic nitrogens is 5. The number of sulfonamides is 1. The molecule has 0 unspecified atom stereocenters. The Hall–Kier alpha value is -4.15. The van der Waals surface area contributed by atoms with Crippen molar-refractivity contribution in [2.45, 2.75) is 18.7 Å². The predicted octanol–water partition coefficient (Wildman–Crippen LogP) is 3.66. The van der Waals surface area contributed by atoms with Gasteiger partial charge in [0.15, 0.2) is 5.69 Å². The first-order valence-electron chi connectivity index (χ1n) is 11.5. The lowest BCUT2D eigenvalue weighted by atomic mass is 10.1. The molecular formula is C26H24N6O3S. The Labute approximate surface area is 208 Å². The van der Waals surface area contributed by atoms with Crippen molar-refractivity contribution in [3.8, 4) is 22.8 Å². The number of nitrogens with zero attached hydrogens (tertiary/aromatic N) is 6. The Morgan fingerprint density at radius 3 is 2.56 bits per heavy atom. The summed E-state index contributed by atoms with van der Waals surface area (Å²) in [6.45, 7) is 4.35. The fourth-order valence-corrected chi connectivity index (χ4v) is 5.69. The fraction of sp³-hybridized carbons (Fsp3) is 0.154. The summed E-state index contributed by atoms with van der Waals surface area (Å²) in [7, 11) is -3.65. The number of pyridine rings is 1. The van der Waals surface area contributed by atoms with Gasteiger partial charge in [0, 0.05) is 48.5 Å². The molecule has 10 heteroatoms. The van der Waals surface area contributed by atoms with Gasteiger partial charge >= 0.3 is 0 Å². The Morgan fingerprint density at radius 1 is 0.944 bits per heavy atom. The van der Waals surface area contributed by atoms with E-state index in [0.29, 0.717) is 24.5 Å². The van der Waals surface area contributed by atoms with Crippen molar-refractivity contribution in [2.75, 3.05) is 13.1 Å². The summed E-state index contributed by atoms with van der Waals surface area (Å²) in [5.41, 5.74) is 1.75. The van der Waals surface area contributed by atoms with Gasteiger partial charge in [-0.25, -0.2) is 17.8 Å². The smallest absolute Gasteiger partial charge is 0.243 e. The zero-order chi connectivity index (χ0) is 25.3. The van der Waals surface area contributed by atoms with Gasteiger partial charge in [-0.05, 0) is 36.4 Å². The van der Waals surface area contributed by atoms with Crippen LogP contribution in [0.4, 0.5) is 0 Å². The second-order valence-electron chi connectivity index (χ2n) is 8.06. The van der Waals surface area contributed by atoms with Crippen LogP contribution >= 0.6 is 0 Å². The third-order valence-electron chi connectivity index (χ3n) is 6.00. The monoisotopic (exact) mass is 500 g/mol. The zero-order valence-corrected chi connectivity index (χ0v) is 20.6. The normalized spacial score (nSPS) is 11.9. The molecule has 0 aliphatic heterocycles. The highest BCUT2D eigenvalue weighted by atomic mass is 32.2. The summed E-state index contributed by atoms with van der Waals surface area (Å²) in [6.07, 6.45) is 6.63. The molecule has 36 heavy (non-hydrogen) atoms. The molecule has 0 spiro atoms. The van der Waals surface area contributed by atoms with E-state index >= 15 is 0 Å². The van der Waals surface area contributed by atoms with Crippen LogP contribution in [0.2, 0.25) is 0 Å². The average molecular weight is 501 g/mol. The first-order valence-corrected chi connectivity index (χ1v) is 13.0. The molecule has 0 aliphatic rings. The van der Waals surface area contributed by atoms with Crippen LogP contribution in [0.15, 0.2) is 95.1 Å². The minimum atomic E-state index is -3.65. The maximum atomic E-state index is 13.0. The Morgan fingerprint density at radius 2 is 1.75 bits per heavy atom. The van der Waals surface area contributed by atoms with Crippen LogP contribution in [0.5, 0.6) is 0 Å². The average Bonchev–Trinajstić information content (AvgIpc) is 3.39. The van der Waals surface area contributed by atoms with Gasteiger partial charge in [0.25, 0.3) is 0 Å². The SMILES string of the molecule is CCN(CC)S(=O)(=O)c1cccc(-n2ccc(=O)c(-c3ccnn3-c3cccc4cnccc34)n2)c1. The number of hydrogen-bond donors (Lipinski definition) is 0. The van der Waals surface area contributed by atoms with Crippen molar-refractivity contribution >= 4 is 20.8 Å². The van der Waals surface area contributed by atoms with Crippen molar-refractivity contribution in [3.05, 3.63) is 95.7 Å². The van der Waals surface area contributed by atoms with Gasteiger partial charge in [0.2, 0.25) is 15.5 Å². The lowest BCUT2D eigenvalue weighted by Gasteiger charge is -2.19. The second-order valence-corrected chi connectivity index (χ2v) is 10.00. The van der Waals surface area contributed by atoms with Crippen LogP contribution in [-0.2, 0) is 10.0 Å². The Bertz CT molecular complexity index is 1720. The summed E-state index contributed by atoms with van der Waals surface area (Å²) in [6, 6.07) is 17.4. The lowest BCUT2D eigenvalue weighted by molar-refractivity contribution is 0.445. The van der Waals surface area contributed by atoms with E-state index in [4.69, 9.17) is 0 Å². The summed E-state index contributed by atoms with van der Waals surface area (Å²) < 4.78 is 30.6. The molecule has 0 bridgehead atoms. The van der Waals surface area contributed by atoms with E-state index in [0.717, 1.165) is 16.5 Å². The summed E-state index contributed by atoms with van der Waals surface area (Å²) in [5, 5.41) is 10.9. The van der Waals surface area contributed by atoms with Gasteiger partial charge in [-0.2, -0.15) is 14.5 Å². The zero-order valence-electron chi connectivity index (χ0n) is 19.8. The first kappa shape index (κ1) is 23.6. The molecule has 0 amide bonds. The number of rotatable bonds is 7. The van der Waals surface area contributed by atoms with Crippen LogP contribution in [0.25, 0.3) is 33.5 Å². The van der Waals surface area contributed by atoms with Crippen molar-refractivity contribution in [1.82, 2.24) is 28.9 Å². The van der Waals surface area contributed by atoms with E-state index < -0.39 is 10.0 Å². The number of fused-ring (bicyclic) bond motifs is 1. The molecule has 2 aromatic carbocycles. The van der Waals surface area contributed by atoms with Gasteiger partial charge in [-0.15, -0.1) is 0 Å². The highest BCUT2D eigenvalue weighted by Gasteiger charge is 2.22. The van der Waals surface area contributed by atoms with Gasteiger partial charge < -0.3 is 0 Å². The highest BCUT2D eigenvalue weighted by molar-refractivity contribution is 7.89. The van der Waals surface area contributed by atoms with Crippen molar-refractivity contribution in [2.24, 2.45) is 0 Å². The standard InChI is InChI=1S/C26H24N6O3S/c1-3-30(4-2)36(34,35)21-9-6-8-20(17-21)31-16-13-25(33)26(29-31)24-12-15-28-32(24)23-10-5-7-19-18-27-14-11-22(19)23/h5-18H,3-4H2,1-2H3. The molecule has 3 heterocycles. The van der Waals surface area contributed by atoms with Gasteiger partial charge in [-0.1, -0.05) is 32.0 Å². The van der Waals surface area contributed by atoms with Crippen molar-refractivity contribution < 1.29 is 8.42 Å². The van der Waals surface area contributed by atoms with E-state index in [1.54, 1.807) is 67.5 Å². The summed E-state index contributed by atoms with van der Waals surface area (Å²) in [5.74, 6) is 0. The van der Waals surface area contributed by atoms with E-state index in [1.165, 1.54) is 21.3 Å². The van der Waals surface area contributed by atoms with E-state index in [-0.39, 0.29) is 16.0 Å². The van der Waals surface area contributed by atoms with Crippen LogP contribution < -0.4 is 5.43 Å². The third-order valence-corrected chi connectivity index (χ3v) is 8.05. The number of benzene rings is 2. The van der Waals surface area contributed by atoms with Gasteiger partial charge in [0.05, 0.1) is 28.2 Å². The molecule has 0 aliphatic carbocycles. The van der Waals surface area contributed by atoms with E-state index in [1.807, 2.05) is 24.3 Å². The quantitative estimate of drug-likeness (QED) is 0.338. The molecule has 182 valence electrons. The van der Waals surface area contributed by atoms with Gasteiger partial charge in [-0.3, -0.25) is 9.78 Å². The maximum Gasteiger partial charge on any atom is 0.243 e. The first-order chi connectivity index (χ1) is 17.4. The molecule has 0 N–H and O–H groups in total. The van der Waals surface area contributed by atoms with E-state index in [2.05, 4.69) is 15.2 Å². The van der Waals surface area contributed by atoms with Crippen LogP contribution in [0.3, 0.4) is 0 Å². The van der Waals surface area contributed by atoms with Crippen LogP contribution in [-0.4, -0.2) is 50.4 Å². The number of hydrogen-bond acceptors (Lipinski definition) is 6. The molecule has 9 nitrogen and oxygen atoms in total. The molecule has 0 saturated carbocycles. The molecule has 5 aromatic rings. The van der Waals surface area contributed by atoms with E-state index in [9.17, 15) is 13.2 Å². The molecule has 5 rings (SSSR count). The molecule has 0 saturated heterocycles. The predicted molar refractivity (Wildman–Crippen MR) is 138 cm³/mol. The van der Waals surface area contributed by atoms with Crippen molar-refractivity contribution in [1.29, 1.82) is 0 Å². The second kappa shape index (κ2) is 9.48. The Balaban J connectivity index is 1.62. The van der Waals surface area contributed by atoms with Crippen molar-refractivity contribution in [3.63, 3.8) is 0 Å². The summed E-state index contributed by atoms with van der Waals surface area (Å²) in [4.78, 5) is 17.3. The maximum absolute atomic E-state index is 13.0. The molecule has 0 radical (unpaired) electrons. The largest absolute Gasteiger partial charge is 0.287 e. The topological polar surface area (TPSA) is 103 Å². The molecule has 0 atom stereocenters. The van der Waals surface area contributed by atoms with Crippen LogP contribution in [0, 0.1) is 0 Å². The third kappa shape index (κ3) is 4.10. The van der Waals surface area contributed by atoms with Crippen LogP contribution in [0.1, 0.15) is 13.8 Å². The highest BCUT2D eigenvalue weighted by Crippen LogP contribution is 2.25. The Kier molecular flexibility index (Phi) is 6.21. The lowest BCUT2D eigenvalue weighted by Crippen LogP contribution is -2.30. The summed E-state index contributed by atoms with van der Waals surface area (Å²) >= 11 is 0. The minimum absolute atomic E-state index is 0.167. The molecular weight excluding hydrogens is 476 g/mol. The molecule has 3 aromatic heterocycles. The van der Waals surface area contributed by atoms with Gasteiger partial charge in [0.1, 0.15) is 0 Å².